The average Bonchev–Trinajstić information content (AvgIpc) is 3.37. The summed E-state index contributed by atoms with van der Waals surface area (Å²) in [6.07, 6.45) is 7.42. The molecule has 1 aromatic rings. The van der Waals surface area contributed by atoms with E-state index in [0.717, 1.165) is 25.7 Å². The van der Waals surface area contributed by atoms with E-state index in [4.69, 9.17) is 0 Å². The number of carbonyl (C=O) groups is 2. The van der Waals surface area contributed by atoms with Crippen molar-refractivity contribution in [1.82, 2.24) is 5.32 Å². The predicted octanol–water partition coefficient (Wildman–Crippen LogP) is 3.26. The minimum atomic E-state index is -0.923. The highest BCUT2D eigenvalue weighted by Crippen LogP contribution is 2.35. The van der Waals surface area contributed by atoms with Crippen LogP contribution in [0.4, 0.5) is 0 Å². The Morgan fingerprint density at radius 1 is 1.22 bits per heavy atom. The third-order valence-corrected chi connectivity index (χ3v) is 5.12. The van der Waals surface area contributed by atoms with Crippen LogP contribution in [-0.2, 0) is 16.0 Å². The Kier molecular flexibility index (Phi) is 4.99. The summed E-state index contributed by atoms with van der Waals surface area (Å²) in [5.74, 6) is -0.125. The van der Waals surface area contributed by atoms with E-state index in [2.05, 4.69) is 17.4 Å². The zero-order valence-corrected chi connectivity index (χ0v) is 13.5. The van der Waals surface area contributed by atoms with E-state index in [1.165, 1.54) is 24.0 Å². The molecule has 1 aromatic carbocycles. The zero-order valence-electron chi connectivity index (χ0n) is 13.5. The van der Waals surface area contributed by atoms with Crippen molar-refractivity contribution in [2.45, 2.75) is 63.3 Å². The van der Waals surface area contributed by atoms with Gasteiger partial charge in [0.05, 0.1) is 0 Å². The highest BCUT2D eigenvalue weighted by Gasteiger charge is 2.28. The summed E-state index contributed by atoms with van der Waals surface area (Å²) in [5, 5.41) is 12.2. The molecular formula is C19H25NO3. The number of benzene rings is 1. The van der Waals surface area contributed by atoms with Crippen molar-refractivity contribution < 1.29 is 14.7 Å². The fraction of sp³-hybridized carbons (Fsp3) is 0.579. The van der Waals surface area contributed by atoms with Crippen LogP contribution < -0.4 is 5.32 Å². The van der Waals surface area contributed by atoms with Crippen molar-refractivity contribution in [3.63, 3.8) is 0 Å². The van der Waals surface area contributed by atoms with E-state index in [-0.39, 0.29) is 11.8 Å². The van der Waals surface area contributed by atoms with Gasteiger partial charge in [0, 0.05) is 6.42 Å². The second-order valence-electron chi connectivity index (χ2n) is 6.96. The van der Waals surface area contributed by atoms with E-state index in [1.807, 2.05) is 12.1 Å². The number of carboxylic acids is 1. The maximum Gasteiger partial charge on any atom is 0.326 e. The topological polar surface area (TPSA) is 66.4 Å². The van der Waals surface area contributed by atoms with E-state index < -0.39 is 12.0 Å². The minimum absolute atomic E-state index is 0.117. The molecule has 2 atom stereocenters. The lowest BCUT2D eigenvalue weighted by atomic mass is 9.79. The van der Waals surface area contributed by atoms with E-state index >= 15 is 0 Å². The second kappa shape index (κ2) is 7.16. The van der Waals surface area contributed by atoms with E-state index in [0.29, 0.717) is 18.8 Å². The fourth-order valence-electron chi connectivity index (χ4n) is 3.61. The van der Waals surface area contributed by atoms with Crippen LogP contribution in [0.3, 0.4) is 0 Å². The first-order chi connectivity index (χ1) is 11.1. The van der Waals surface area contributed by atoms with Gasteiger partial charge >= 0.3 is 5.97 Å². The van der Waals surface area contributed by atoms with Gasteiger partial charge in [-0.1, -0.05) is 37.1 Å². The van der Waals surface area contributed by atoms with Crippen LogP contribution in [0, 0.1) is 5.92 Å². The molecule has 1 fully saturated rings. The first-order valence-electron chi connectivity index (χ1n) is 8.73. The number of aryl methyl sites for hydroxylation is 1. The van der Waals surface area contributed by atoms with Gasteiger partial charge < -0.3 is 10.4 Å². The van der Waals surface area contributed by atoms with E-state index in [1.54, 1.807) is 0 Å². The number of fused-ring (bicyclic) bond motifs is 1. The molecule has 3 rings (SSSR count). The monoisotopic (exact) mass is 315 g/mol. The summed E-state index contributed by atoms with van der Waals surface area (Å²) >= 11 is 0. The number of hydrogen-bond donors (Lipinski definition) is 2. The van der Waals surface area contributed by atoms with Crippen molar-refractivity contribution in [1.29, 1.82) is 0 Å². The first-order valence-corrected chi connectivity index (χ1v) is 8.73. The molecule has 4 heteroatoms. The van der Waals surface area contributed by atoms with Crippen molar-refractivity contribution in [3.8, 4) is 0 Å². The fourth-order valence-corrected chi connectivity index (χ4v) is 3.61. The van der Waals surface area contributed by atoms with Gasteiger partial charge in [0.1, 0.15) is 6.04 Å². The Morgan fingerprint density at radius 2 is 2.00 bits per heavy atom. The largest absolute Gasteiger partial charge is 0.480 e. The quantitative estimate of drug-likeness (QED) is 0.811. The SMILES string of the molecule is O=C(CCC1CC1)NC(CC1CCCc2ccccc21)C(=O)O. The highest BCUT2D eigenvalue weighted by molar-refractivity contribution is 5.83. The van der Waals surface area contributed by atoms with Gasteiger partial charge in [0.25, 0.3) is 0 Å². The molecule has 23 heavy (non-hydrogen) atoms. The summed E-state index contributed by atoms with van der Waals surface area (Å²) in [4.78, 5) is 23.6. The zero-order chi connectivity index (χ0) is 16.2. The summed E-state index contributed by atoms with van der Waals surface area (Å²) in [6, 6.07) is 7.51. The van der Waals surface area contributed by atoms with Crippen LogP contribution in [0.15, 0.2) is 24.3 Å². The molecule has 1 saturated carbocycles. The molecule has 0 aromatic heterocycles. The Hall–Kier alpha value is -1.84. The number of hydrogen-bond acceptors (Lipinski definition) is 2. The summed E-state index contributed by atoms with van der Waals surface area (Å²) < 4.78 is 0. The molecular weight excluding hydrogens is 290 g/mol. The molecule has 0 spiro atoms. The number of amides is 1. The number of aliphatic carboxylic acids is 1. The van der Waals surface area contributed by atoms with Crippen LogP contribution in [0.5, 0.6) is 0 Å². The Bertz CT molecular complexity index is 580. The van der Waals surface area contributed by atoms with Crippen LogP contribution >= 0.6 is 0 Å². The van der Waals surface area contributed by atoms with Crippen LogP contribution in [-0.4, -0.2) is 23.0 Å². The lowest BCUT2D eigenvalue weighted by molar-refractivity contribution is -0.142. The molecule has 124 valence electrons. The molecule has 2 N–H and O–H groups in total. The molecule has 0 saturated heterocycles. The number of carbonyl (C=O) groups excluding carboxylic acids is 1. The summed E-state index contributed by atoms with van der Waals surface area (Å²) in [6.45, 7) is 0. The maximum atomic E-state index is 12.0. The number of nitrogens with one attached hydrogen (secondary N) is 1. The molecule has 2 unspecified atom stereocenters. The molecule has 0 heterocycles. The van der Waals surface area contributed by atoms with Crippen molar-refractivity contribution in [3.05, 3.63) is 35.4 Å². The number of rotatable bonds is 7. The normalized spacial score (nSPS) is 21.3. The van der Waals surface area contributed by atoms with Gasteiger partial charge in [0.2, 0.25) is 5.91 Å². The van der Waals surface area contributed by atoms with Crippen molar-refractivity contribution in [2.75, 3.05) is 0 Å². The van der Waals surface area contributed by atoms with Crippen LogP contribution in [0.2, 0.25) is 0 Å². The lowest BCUT2D eigenvalue weighted by Gasteiger charge is -2.28. The molecule has 0 radical (unpaired) electrons. The van der Waals surface area contributed by atoms with Gasteiger partial charge in [-0.3, -0.25) is 4.79 Å². The Morgan fingerprint density at radius 3 is 2.74 bits per heavy atom. The Balaban J connectivity index is 1.61. The molecule has 2 aliphatic rings. The van der Waals surface area contributed by atoms with Gasteiger partial charge in [-0.05, 0) is 55.1 Å². The third-order valence-electron chi connectivity index (χ3n) is 5.12. The Labute approximate surface area is 137 Å². The van der Waals surface area contributed by atoms with Gasteiger partial charge in [-0.15, -0.1) is 0 Å². The molecule has 4 nitrogen and oxygen atoms in total. The van der Waals surface area contributed by atoms with Crippen LogP contribution in [0.1, 0.15) is 62.0 Å². The van der Waals surface area contributed by atoms with Gasteiger partial charge in [-0.25, -0.2) is 4.79 Å². The molecule has 2 aliphatic carbocycles. The van der Waals surface area contributed by atoms with E-state index in [9.17, 15) is 14.7 Å². The smallest absolute Gasteiger partial charge is 0.326 e. The standard InChI is InChI=1S/C19H25NO3/c21-18(11-10-13-8-9-13)20-17(19(22)23)12-15-6-3-5-14-4-1-2-7-16(14)15/h1-2,4,7,13,15,17H,3,5-6,8-12H2,(H,20,21)(H,22,23). The van der Waals surface area contributed by atoms with Gasteiger partial charge in [-0.2, -0.15) is 0 Å². The summed E-state index contributed by atoms with van der Waals surface area (Å²) in [5.41, 5.74) is 2.59. The third kappa shape index (κ3) is 4.34. The molecule has 1 amide bonds. The first kappa shape index (κ1) is 16.0. The van der Waals surface area contributed by atoms with Crippen LogP contribution in [0.25, 0.3) is 0 Å². The minimum Gasteiger partial charge on any atom is -0.480 e. The molecule has 0 bridgehead atoms. The average molecular weight is 315 g/mol. The van der Waals surface area contributed by atoms with Crippen molar-refractivity contribution >= 4 is 11.9 Å². The molecule has 0 aliphatic heterocycles. The predicted molar refractivity (Wildman–Crippen MR) is 88.3 cm³/mol. The highest BCUT2D eigenvalue weighted by atomic mass is 16.4. The number of carboxylic acid groups (broad SMARTS) is 1. The summed E-state index contributed by atoms with van der Waals surface area (Å²) in [7, 11) is 0. The van der Waals surface area contributed by atoms with Crippen molar-refractivity contribution in [2.24, 2.45) is 5.92 Å². The lowest BCUT2D eigenvalue weighted by Crippen LogP contribution is -2.42. The second-order valence-corrected chi connectivity index (χ2v) is 6.96. The maximum absolute atomic E-state index is 12.0. The van der Waals surface area contributed by atoms with Gasteiger partial charge in [0.15, 0.2) is 0 Å².